The van der Waals surface area contributed by atoms with Crippen LogP contribution < -0.4 is 0 Å². The molecule has 1 aliphatic rings. The summed E-state index contributed by atoms with van der Waals surface area (Å²) in [5, 5.41) is 6.14. The van der Waals surface area contributed by atoms with Crippen molar-refractivity contribution in [3.63, 3.8) is 0 Å². The molecule has 1 aromatic carbocycles. The molecule has 0 atom stereocenters. The number of nitrogens with one attached hydrogen (secondary N) is 2. The summed E-state index contributed by atoms with van der Waals surface area (Å²) in [6.45, 7) is 5.64. The van der Waals surface area contributed by atoms with E-state index < -0.39 is 23.3 Å². The Bertz CT molecular complexity index is 1090. The Balaban J connectivity index is 1.77. The first-order valence-corrected chi connectivity index (χ1v) is 8.72. The SMILES string of the molecule is Cc1ccc(F)c2[nH]c3c(c12)CN(C(=O)c1cc(C(F)(F)F)[nH]n1)C(C)(C)C3. The molecule has 148 valence electrons. The Kier molecular flexibility index (Phi) is 3.85. The molecule has 0 radical (unpaired) electrons. The van der Waals surface area contributed by atoms with Gasteiger partial charge in [-0.15, -0.1) is 0 Å². The van der Waals surface area contributed by atoms with E-state index in [1.54, 1.807) is 6.07 Å². The molecule has 2 aromatic heterocycles. The van der Waals surface area contributed by atoms with Crippen molar-refractivity contribution >= 4 is 16.8 Å². The van der Waals surface area contributed by atoms with Crippen molar-refractivity contribution < 1.29 is 22.4 Å². The first-order valence-electron chi connectivity index (χ1n) is 8.72. The van der Waals surface area contributed by atoms with Crippen LogP contribution in [-0.2, 0) is 19.1 Å². The molecule has 0 aliphatic carbocycles. The van der Waals surface area contributed by atoms with Crippen molar-refractivity contribution in [2.45, 2.75) is 45.5 Å². The van der Waals surface area contributed by atoms with E-state index in [-0.39, 0.29) is 18.1 Å². The highest BCUT2D eigenvalue weighted by Gasteiger charge is 2.40. The second-order valence-corrected chi connectivity index (χ2v) is 7.74. The van der Waals surface area contributed by atoms with Gasteiger partial charge in [0.2, 0.25) is 0 Å². The quantitative estimate of drug-likeness (QED) is 0.604. The molecule has 1 amide bonds. The third kappa shape index (κ3) is 2.76. The molecule has 0 saturated heterocycles. The second-order valence-electron chi connectivity index (χ2n) is 7.74. The fourth-order valence-corrected chi connectivity index (χ4v) is 3.86. The Morgan fingerprint density at radius 1 is 1.29 bits per heavy atom. The number of aryl methyl sites for hydroxylation is 1. The summed E-state index contributed by atoms with van der Waals surface area (Å²) in [4.78, 5) is 17.6. The smallest absolute Gasteiger partial charge is 0.356 e. The minimum atomic E-state index is -4.61. The van der Waals surface area contributed by atoms with Crippen LogP contribution in [0.2, 0.25) is 0 Å². The van der Waals surface area contributed by atoms with Crippen LogP contribution >= 0.6 is 0 Å². The minimum absolute atomic E-state index is 0.152. The third-order valence-corrected chi connectivity index (χ3v) is 5.31. The molecular weight excluding hydrogens is 376 g/mol. The number of H-pyrrole nitrogens is 2. The molecule has 0 bridgehead atoms. The van der Waals surface area contributed by atoms with E-state index in [0.29, 0.717) is 23.4 Å². The molecule has 9 heteroatoms. The molecule has 0 unspecified atom stereocenters. The van der Waals surface area contributed by atoms with Crippen LogP contribution in [0.25, 0.3) is 10.9 Å². The van der Waals surface area contributed by atoms with Gasteiger partial charge >= 0.3 is 6.18 Å². The van der Waals surface area contributed by atoms with Gasteiger partial charge in [-0.3, -0.25) is 9.89 Å². The molecule has 1 aliphatic heterocycles. The number of halogens is 4. The fourth-order valence-electron chi connectivity index (χ4n) is 3.86. The normalized spacial score (nSPS) is 16.5. The standard InChI is InChI=1S/C19H18F4N4O/c1-9-4-5-11(20)16-15(9)10-8-27(18(2,3)7-13(10)24-16)17(28)12-6-14(26-25-12)19(21,22)23/h4-6,24H,7-8H2,1-3H3,(H,25,26). The van der Waals surface area contributed by atoms with Gasteiger partial charge in [0.25, 0.3) is 5.91 Å². The summed E-state index contributed by atoms with van der Waals surface area (Å²) in [6, 6.07) is 3.77. The average Bonchev–Trinajstić information content (AvgIpc) is 3.21. The molecule has 3 heterocycles. The number of benzene rings is 1. The van der Waals surface area contributed by atoms with Crippen LogP contribution in [0.4, 0.5) is 17.6 Å². The van der Waals surface area contributed by atoms with Crippen LogP contribution in [0.3, 0.4) is 0 Å². The monoisotopic (exact) mass is 394 g/mol. The van der Waals surface area contributed by atoms with Gasteiger partial charge in [0, 0.05) is 41.2 Å². The number of alkyl halides is 3. The highest BCUT2D eigenvalue weighted by atomic mass is 19.4. The highest BCUT2D eigenvalue weighted by molar-refractivity contribution is 5.94. The predicted molar refractivity (Wildman–Crippen MR) is 94.2 cm³/mol. The summed E-state index contributed by atoms with van der Waals surface area (Å²) in [6.07, 6.45) is -4.19. The maximum absolute atomic E-state index is 14.2. The summed E-state index contributed by atoms with van der Waals surface area (Å²) in [7, 11) is 0. The lowest BCUT2D eigenvalue weighted by atomic mass is 9.88. The zero-order valence-corrected chi connectivity index (χ0v) is 15.5. The third-order valence-electron chi connectivity index (χ3n) is 5.31. The van der Waals surface area contributed by atoms with E-state index in [9.17, 15) is 22.4 Å². The first kappa shape index (κ1) is 18.5. The van der Waals surface area contributed by atoms with Gasteiger partial charge in [-0.2, -0.15) is 18.3 Å². The Morgan fingerprint density at radius 2 is 2.00 bits per heavy atom. The second kappa shape index (κ2) is 5.83. The van der Waals surface area contributed by atoms with Crippen molar-refractivity contribution in [3.8, 4) is 0 Å². The lowest BCUT2D eigenvalue weighted by Gasteiger charge is -2.42. The molecular formula is C19H18F4N4O. The molecule has 0 saturated carbocycles. The lowest BCUT2D eigenvalue weighted by molar-refractivity contribution is -0.141. The Hall–Kier alpha value is -2.84. The van der Waals surface area contributed by atoms with Gasteiger partial charge in [0.05, 0.1) is 5.52 Å². The van der Waals surface area contributed by atoms with E-state index >= 15 is 0 Å². The number of aromatic nitrogens is 3. The number of hydrogen-bond donors (Lipinski definition) is 2. The van der Waals surface area contributed by atoms with Crippen molar-refractivity contribution in [1.29, 1.82) is 0 Å². The molecule has 0 spiro atoms. The summed E-state index contributed by atoms with van der Waals surface area (Å²) >= 11 is 0. The molecule has 2 N–H and O–H groups in total. The largest absolute Gasteiger partial charge is 0.432 e. The number of amides is 1. The number of hydrogen-bond acceptors (Lipinski definition) is 2. The van der Waals surface area contributed by atoms with Gasteiger partial charge in [-0.1, -0.05) is 6.07 Å². The van der Waals surface area contributed by atoms with E-state index in [4.69, 9.17) is 0 Å². The number of aromatic amines is 2. The molecule has 28 heavy (non-hydrogen) atoms. The first-order chi connectivity index (χ1) is 13.0. The number of carbonyl (C=O) groups is 1. The van der Waals surface area contributed by atoms with E-state index in [2.05, 4.69) is 10.1 Å². The van der Waals surface area contributed by atoms with E-state index in [1.165, 1.54) is 11.0 Å². The Labute approximate surface area is 157 Å². The molecule has 3 aromatic rings. The van der Waals surface area contributed by atoms with Crippen LogP contribution in [0.5, 0.6) is 0 Å². The summed E-state index contributed by atoms with van der Waals surface area (Å²) in [5.41, 5.74) is 0.797. The van der Waals surface area contributed by atoms with Gasteiger partial charge in [0.1, 0.15) is 11.5 Å². The fraction of sp³-hybridized carbons (Fsp3) is 0.368. The average molecular weight is 394 g/mol. The van der Waals surface area contributed by atoms with Gasteiger partial charge in [0.15, 0.2) is 5.69 Å². The maximum Gasteiger partial charge on any atom is 0.432 e. The van der Waals surface area contributed by atoms with E-state index in [1.807, 2.05) is 25.9 Å². The lowest BCUT2D eigenvalue weighted by Crippen LogP contribution is -2.51. The molecule has 4 rings (SSSR count). The van der Waals surface area contributed by atoms with Gasteiger partial charge < -0.3 is 9.88 Å². The zero-order valence-electron chi connectivity index (χ0n) is 15.5. The minimum Gasteiger partial charge on any atom is -0.356 e. The van der Waals surface area contributed by atoms with Crippen molar-refractivity contribution in [3.05, 3.63) is 52.2 Å². The van der Waals surface area contributed by atoms with Crippen molar-refractivity contribution in [1.82, 2.24) is 20.1 Å². The van der Waals surface area contributed by atoms with Crippen molar-refractivity contribution in [2.75, 3.05) is 0 Å². The van der Waals surface area contributed by atoms with Gasteiger partial charge in [-0.25, -0.2) is 4.39 Å². The summed E-state index contributed by atoms with van der Waals surface area (Å²) in [5.74, 6) is -0.987. The van der Waals surface area contributed by atoms with E-state index in [0.717, 1.165) is 16.8 Å². The number of carbonyl (C=O) groups excluding carboxylic acids is 1. The van der Waals surface area contributed by atoms with Gasteiger partial charge in [-0.05, 0) is 32.4 Å². The number of rotatable bonds is 1. The predicted octanol–water partition coefficient (Wildman–Crippen LogP) is 4.33. The van der Waals surface area contributed by atoms with Crippen LogP contribution in [0.15, 0.2) is 18.2 Å². The van der Waals surface area contributed by atoms with Crippen LogP contribution in [0, 0.1) is 12.7 Å². The zero-order chi connectivity index (χ0) is 20.4. The maximum atomic E-state index is 14.2. The van der Waals surface area contributed by atoms with Crippen LogP contribution in [0.1, 0.15) is 46.9 Å². The number of fused-ring (bicyclic) bond motifs is 3. The molecule has 5 nitrogen and oxygen atoms in total. The van der Waals surface area contributed by atoms with Crippen molar-refractivity contribution in [2.24, 2.45) is 0 Å². The highest BCUT2D eigenvalue weighted by Crippen LogP contribution is 2.38. The number of nitrogens with zero attached hydrogens (tertiary/aromatic N) is 2. The topological polar surface area (TPSA) is 64.8 Å². The van der Waals surface area contributed by atoms with Crippen LogP contribution in [-0.4, -0.2) is 31.5 Å². The molecule has 0 fully saturated rings. The summed E-state index contributed by atoms with van der Waals surface area (Å²) < 4.78 is 52.8. The Morgan fingerprint density at radius 3 is 2.64 bits per heavy atom.